The molecule has 0 saturated heterocycles. The summed E-state index contributed by atoms with van der Waals surface area (Å²) >= 11 is 0. The van der Waals surface area contributed by atoms with Crippen LogP contribution in [0.25, 0.3) is 22.7 Å². The molecule has 0 fully saturated rings. The van der Waals surface area contributed by atoms with Crippen molar-refractivity contribution in [1.82, 2.24) is 20.0 Å². The monoisotopic (exact) mass is 475 g/mol. The first kappa shape index (κ1) is 21.7. The maximum Gasteiger partial charge on any atom is 0.435 e. The largest absolute Gasteiger partial charge is 0.435 e. The molecule has 3 heterocycles. The molecular formula is C22H14F5N5O2. The lowest BCUT2D eigenvalue weighted by atomic mass is 10.1. The van der Waals surface area contributed by atoms with Crippen LogP contribution in [0.2, 0.25) is 0 Å². The molecule has 1 amide bonds. The Bertz CT molecular complexity index is 1410. The van der Waals surface area contributed by atoms with Gasteiger partial charge in [-0.1, -0.05) is 24.3 Å². The third kappa shape index (κ3) is 3.60. The molecule has 0 spiro atoms. The van der Waals surface area contributed by atoms with Crippen LogP contribution in [-0.2, 0) is 19.8 Å². The fourth-order valence-corrected chi connectivity index (χ4v) is 3.85. The van der Waals surface area contributed by atoms with Gasteiger partial charge in [0.05, 0.1) is 17.9 Å². The van der Waals surface area contributed by atoms with E-state index in [1.165, 1.54) is 18.0 Å². The molecule has 174 valence electrons. The summed E-state index contributed by atoms with van der Waals surface area (Å²) in [6.07, 6.45) is -7.53. The van der Waals surface area contributed by atoms with Gasteiger partial charge < -0.3 is 9.32 Å². The molecule has 0 unspecified atom stereocenters. The lowest BCUT2D eigenvalue weighted by Crippen LogP contribution is -2.23. The topological polar surface area (TPSA) is 77.1 Å². The van der Waals surface area contributed by atoms with E-state index < -0.39 is 30.1 Å². The molecule has 0 saturated carbocycles. The Balaban J connectivity index is 1.51. The number of carbonyl (C=O) groups is 1. The molecule has 1 aliphatic heterocycles. The van der Waals surface area contributed by atoms with Gasteiger partial charge in [-0.15, -0.1) is 10.2 Å². The minimum Gasteiger partial charge on any atom is -0.415 e. The number of fused-ring (bicyclic) bond motifs is 1. The first-order valence-corrected chi connectivity index (χ1v) is 9.91. The minimum atomic E-state index is -4.61. The SMILES string of the molecule is Cn1nc(C(F)(F)F)cc1-c1ccccc1N1Cc2ccc(-c3nnc(C(F)F)o3)cc2C1=O. The fourth-order valence-electron chi connectivity index (χ4n) is 3.85. The molecular weight excluding hydrogens is 461 g/mol. The number of carbonyl (C=O) groups excluding carboxylic acids is 1. The van der Waals surface area contributed by atoms with Gasteiger partial charge in [-0.2, -0.15) is 27.1 Å². The van der Waals surface area contributed by atoms with Gasteiger partial charge in [0.25, 0.3) is 11.8 Å². The first-order valence-electron chi connectivity index (χ1n) is 9.91. The maximum absolute atomic E-state index is 13.3. The molecule has 12 heteroatoms. The van der Waals surface area contributed by atoms with E-state index in [9.17, 15) is 26.7 Å². The molecule has 7 nitrogen and oxygen atoms in total. The highest BCUT2D eigenvalue weighted by atomic mass is 19.4. The number of hydrogen-bond donors (Lipinski definition) is 0. The summed E-state index contributed by atoms with van der Waals surface area (Å²) in [7, 11) is 1.40. The van der Waals surface area contributed by atoms with Crippen molar-refractivity contribution in [1.29, 1.82) is 0 Å². The highest BCUT2D eigenvalue weighted by Gasteiger charge is 2.36. The zero-order valence-corrected chi connectivity index (χ0v) is 17.3. The predicted molar refractivity (Wildman–Crippen MR) is 109 cm³/mol. The smallest absolute Gasteiger partial charge is 0.415 e. The van der Waals surface area contributed by atoms with Crippen LogP contribution in [0.4, 0.5) is 27.6 Å². The van der Waals surface area contributed by atoms with Gasteiger partial charge in [-0.05, 0) is 29.8 Å². The second kappa shape index (κ2) is 7.75. The Morgan fingerprint density at radius 1 is 1.03 bits per heavy atom. The zero-order valence-electron chi connectivity index (χ0n) is 17.3. The molecule has 0 N–H and O–H groups in total. The van der Waals surface area contributed by atoms with Crippen molar-refractivity contribution in [2.75, 3.05) is 4.90 Å². The normalized spacial score (nSPS) is 13.7. The number of hydrogen-bond acceptors (Lipinski definition) is 5. The van der Waals surface area contributed by atoms with Gasteiger partial charge in [0, 0.05) is 23.7 Å². The number of halogens is 5. The molecule has 2 aromatic heterocycles. The summed E-state index contributed by atoms with van der Waals surface area (Å²) in [5, 5.41) is 10.4. The van der Waals surface area contributed by atoms with E-state index in [-0.39, 0.29) is 18.1 Å². The second-order valence-electron chi connectivity index (χ2n) is 7.56. The third-order valence-electron chi connectivity index (χ3n) is 5.43. The summed E-state index contributed by atoms with van der Waals surface area (Å²) in [6.45, 7) is 0.168. The van der Waals surface area contributed by atoms with Gasteiger partial charge >= 0.3 is 12.6 Å². The molecule has 0 bridgehead atoms. The van der Waals surface area contributed by atoms with E-state index in [1.807, 2.05) is 0 Å². The average Bonchev–Trinajstić information content (AvgIpc) is 3.51. The number of rotatable bonds is 4. The maximum atomic E-state index is 13.3. The van der Waals surface area contributed by atoms with Gasteiger partial charge in [-0.25, -0.2) is 0 Å². The number of aryl methyl sites for hydroxylation is 1. The first-order chi connectivity index (χ1) is 16.1. The number of nitrogens with zero attached hydrogens (tertiary/aromatic N) is 5. The van der Waals surface area contributed by atoms with Crippen molar-refractivity contribution in [2.45, 2.75) is 19.1 Å². The highest BCUT2D eigenvalue weighted by Crippen LogP contribution is 2.39. The second-order valence-corrected chi connectivity index (χ2v) is 7.56. The van der Waals surface area contributed by atoms with Crippen LogP contribution in [0.5, 0.6) is 0 Å². The average molecular weight is 475 g/mol. The molecule has 0 atom stereocenters. The lowest BCUT2D eigenvalue weighted by Gasteiger charge is -2.19. The Kier molecular flexibility index (Phi) is 4.95. The van der Waals surface area contributed by atoms with Crippen molar-refractivity contribution in [3.05, 3.63) is 71.2 Å². The minimum absolute atomic E-state index is 0.153. The van der Waals surface area contributed by atoms with E-state index in [1.54, 1.807) is 36.4 Å². The van der Waals surface area contributed by atoms with E-state index in [0.29, 0.717) is 27.9 Å². The molecule has 4 aromatic rings. The van der Waals surface area contributed by atoms with Gasteiger partial charge in [0.1, 0.15) is 0 Å². The molecule has 34 heavy (non-hydrogen) atoms. The highest BCUT2D eigenvalue weighted by molar-refractivity contribution is 6.12. The summed E-state index contributed by atoms with van der Waals surface area (Å²) in [5.41, 5.74) is 1.19. The van der Waals surface area contributed by atoms with Crippen LogP contribution in [0.3, 0.4) is 0 Å². The summed E-state index contributed by atoms with van der Waals surface area (Å²) in [5.74, 6) is -1.39. The molecule has 5 rings (SSSR count). The number of para-hydroxylation sites is 1. The number of amides is 1. The van der Waals surface area contributed by atoms with Crippen molar-refractivity contribution in [2.24, 2.45) is 7.05 Å². The molecule has 1 aliphatic rings. The van der Waals surface area contributed by atoms with Crippen molar-refractivity contribution >= 4 is 11.6 Å². The van der Waals surface area contributed by atoms with Crippen LogP contribution in [0, 0.1) is 0 Å². The zero-order chi connectivity index (χ0) is 24.2. The molecule has 2 aromatic carbocycles. The Morgan fingerprint density at radius 2 is 1.79 bits per heavy atom. The summed E-state index contributed by atoms with van der Waals surface area (Å²) in [4.78, 5) is 14.7. The van der Waals surface area contributed by atoms with Crippen LogP contribution < -0.4 is 4.90 Å². The lowest BCUT2D eigenvalue weighted by molar-refractivity contribution is -0.141. The molecule has 0 aliphatic carbocycles. The third-order valence-corrected chi connectivity index (χ3v) is 5.43. The van der Waals surface area contributed by atoms with E-state index >= 15 is 0 Å². The summed E-state index contributed by atoms with van der Waals surface area (Å²) < 4.78 is 71.1. The fraction of sp³-hybridized carbons (Fsp3) is 0.182. The predicted octanol–water partition coefficient (Wildman–Crippen LogP) is 5.25. The van der Waals surface area contributed by atoms with Crippen LogP contribution >= 0.6 is 0 Å². The standard InChI is InChI=1S/C22H14F5N5O2/c1-31-16(9-17(30-31)22(25,26)27)13-4-2-3-5-15(13)32-10-12-7-6-11(8-14(12)21(32)33)19-28-29-20(34-19)18(23)24/h2-9,18H,10H2,1H3. The Hall–Kier alpha value is -4.09. The summed E-state index contributed by atoms with van der Waals surface area (Å²) in [6, 6.07) is 12.2. The van der Waals surface area contributed by atoms with Crippen LogP contribution in [0.15, 0.2) is 52.9 Å². The number of benzene rings is 2. The number of alkyl halides is 5. The van der Waals surface area contributed by atoms with Crippen LogP contribution in [-0.4, -0.2) is 25.9 Å². The molecule has 0 radical (unpaired) electrons. The van der Waals surface area contributed by atoms with Crippen LogP contribution in [0.1, 0.15) is 33.9 Å². The van der Waals surface area contributed by atoms with Gasteiger partial charge in [0.15, 0.2) is 5.69 Å². The number of anilines is 1. The van der Waals surface area contributed by atoms with E-state index in [4.69, 9.17) is 4.42 Å². The van der Waals surface area contributed by atoms with Crippen molar-refractivity contribution < 1.29 is 31.2 Å². The Morgan fingerprint density at radius 3 is 2.47 bits per heavy atom. The van der Waals surface area contributed by atoms with E-state index in [0.717, 1.165) is 10.7 Å². The van der Waals surface area contributed by atoms with E-state index in [2.05, 4.69) is 15.3 Å². The van der Waals surface area contributed by atoms with Crippen molar-refractivity contribution in [3.8, 4) is 22.7 Å². The Labute approximate surface area is 188 Å². The van der Waals surface area contributed by atoms with Crippen molar-refractivity contribution in [3.63, 3.8) is 0 Å². The van der Waals surface area contributed by atoms with Gasteiger partial charge in [0.2, 0.25) is 5.89 Å². The number of aromatic nitrogens is 4. The van der Waals surface area contributed by atoms with Gasteiger partial charge in [-0.3, -0.25) is 9.48 Å². The quantitative estimate of drug-likeness (QED) is 0.377.